The third-order valence-corrected chi connectivity index (χ3v) is 6.43. The fourth-order valence-electron chi connectivity index (χ4n) is 4.11. The highest BCUT2D eigenvalue weighted by Crippen LogP contribution is 2.48. The molecule has 11 heteroatoms. The number of anilines is 1. The van der Waals surface area contributed by atoms with Crippen LogP contribution in [0.2, 0.25) is 0 Å². The Morgan fingerprint density at radius 3 is 2.50 bits per heavy atom. The van der Waals surface area contributed by atoms with Crippen molar-refractivity contribution in [1.82, 2.24) is 34.9 Å². The van der Waals surface area contributed by atoms with E-state index in [1.807, 2.05) is 18.3 Å². The van der Waals surface area contributed by atoms with E-state index in [4.69, 9.17) is 20.0 Å². The summed E-state index contributed by atoms with van der Waals surface area (Å²) in [6, 6.07) is 3.97. The average Bonchev–Trinajstić information content (AvgIpc) is 3.49. The van der Waals surface area contributed by atoms with Crippen LogP contribution in [0.5, 0.6) is 0 Å². The number of hydrogen-bond donors (Lipinski definition) is 1. The second kappa shape index (κ2) is 8.01. The van der Waals surface area contributed by atoms with Gasteiger partial charge < -0.3 is 15.0 Å². The highest BCUT2D eigenvalue weighted by molar-refractivity contribution is 5.77. The number of carbonyl (C=O) groups excluding carboxylic acids is 1. The van der Waals surface area contributed by atoms with Crippen LogP contribution in [-0.2, 0) is 20.5 Å². The lowest BCUT2D eigenvalue weighted by Gasteiger charge is -2.39. The second-order valence-electron chi connectivity index (χ2n) is 8.85. The third kappa shape index (κ3) is 3.49. The molecule has 2 N–H and O–H groups in total. The Balaban J connectivity index is 1.42. The van der Waals surface area contributed by atoms with Crippen molar-refractivity contribution in [2.45, 2.75) is 44.1 Å². The number of carbonyl (C=O) groups is 1. The summed E-state index contributed by atoms with van der Waals surface area (Å²) in [6.45, 7) is 3.46. The van der Waals surface area contributed by atoms with E-state index in [9.17, 15) is 4.79 Å². The molecule has 0 atom stereocenters. The lowest BCUT2D eigenvalue weighted by Crippen LogP contribution is -2.37. The van der Waals surface area contributed by atoms with Gasteiger partial charge in [0.25, 0.3) is 5.89 Å². The molecule has 1 aliphatic rings. The normalized spacial score (nSPS) is 15.0. The van der Waals surface area contributed by atoms with E-state index in [1.54, 1.807) is 38.6 Å². The molecule has 0 aliphatic heterocycles. The molecule has 0 radical (unpaired) electrons. The lowest BCUT2D eigenvalue weighted by molar-refractivity contribution is -0.150. The molecular weight excluding hydrogens is 436 g/mol. The first-order valence-electron chi connectivity index (χ1n) is 10.9. The van der Waals surface area contributed by atoms with Crippen LogP contribution >= 0.6 is 0 Å². The minimum absolute atomic E-state index is 0.223. The van der Waals surface area contributed by atoms with Gasteiger partial charge in [0.15, 0.2) is 11.4 Å². The molecule has 1 saturated carbocycles. The van der Waals surface area contributed by atoms with E-state index in [-0.39, 0.29) is 11.4 Å². The zero-order valence-electron chi connectivity index (χ0n) is 19.1. The van der Waals surface area contributed by atoms with Gasteiger partial charge in [0.05, 0.1) is 30.0 Å². The van der Waals surface area contributed by atoms with Crippen molar-refractivity contribution in [1.29, 1.82) is 0 Å². The van der Waals surface area contributed by atoms with Crippen molar-refractivity contribution in [2.24, 2.45) is 0 Å². The third-order valence-electron chi connectivity index (χ3n) is 6.43. The van der Waals surface area contributed by atoms with Crippen LogP contribution in [0.1, 0.15) is 44.5 Å². The monoisotopic (exact) mass is 460 g/mol. The first-order chi connectivity index (χ1) is 16.3. The highest BCUT2D eigenvalue weighted by atomic mass is 16.5. The standard InChI is InChI=1S/C23H24N8O3/c1-22(2,20(32)33-3)31-13-15(11-28-31)18-29-19(30-34-18)23(7-4-8-23)16-5-6-17(25-12-16)14-9-26-21(24)27-10-14/h5-6,9-13H,4,7-8H2,1-3H3,(H2,24,26,27). The van der Waals surface area contributed by atoms with Crippen LogP contribution in [0.25, 0.3) is 22.7 Å². The van der Waals surface area contributed by atoms with Gasteiger partial charge in [-0.1, -0.05) is 17.6 Å². The molecule has 34 heavy (non-hydrogen) atoms. The predicted octanol–water partition coefficient (Wildman–Crippen LogP) is 2.75. The molecule has 11 nitrogen and oxygen atoms in total. The molecule has 0 saturated heterocycles. The van der Waals surface area contributed by atoms with Crippen molar-refractivity contribution in [3.05, 3.63) is 54.5 Å². The number of methoxy groups -OCH3 is 1. The molecule has 0 bridgehead atoms. The van der Waals surface area contributed by atoms with Crippen molar-refractivity contribution < 1.29 is 14.1 Å². The number of nitrogens with zero attached hydrogens (tertiary/aromatic N) is 7. The van der Waals surface area contributed by atoms with Crippen molar-refractivity contribution in [2.75, 3.05) is 12.8 Å². The minimum Gasteiger partial charge on any atom is -0.467 e. The van der Waals surface area contributed by atoms with Crippen LogP contribution in [0.4, 0.5) is 5.95 Å². The molecule has 0 spiro atoms. The SMILES string of the molecule is COC(=O)C(C)(C)n1cc(-c2nc(C3(c4ccc(-c5cnc(N)nc5)nc4)CCC3)no2)cn1. The van der Waals surface area contributed by atoms with Gasteiger partial charge in [-0.05, 0) is 38.3 Å². The molecule has 0 aromatic carbocycles. The summed E-state index contributed by atoms with van der Waals surface area (Å²) in [5, 5.41) is 8.60. The summed E-state index contributed by atoms with van der Waals surface area (Å²) >= 11 is 0. The predicted molar refractivity (Wildman–Crippen MR) is 121 cm³/mol. The van der Waals surface area contributed by atoms with Gasteiger partial charge in [0.2, 0.25) is 5.95 Å². The number of hydrogen-bond acceptors (Lipinski definition) is 10. The van der Waals surface area contributed by atoms with Crippen LogP contribution in [0.3, 0.4) is 0 Å². The number of rotatable bonds is 6. The molecule has 1 fully saturated rings. The van der Waals surface area contributed by atoms with Crippen molar-refractivity contribution in [3.63, 3.8) is 0 Å². The van der Waals surface area contributed by atoms with Gasteiger partial charge >= 0.3 is 5.97 Å². The Morgan fingerprint density at radius 2 is 1.88 bits per heavy atom. The van der Waals surface area contributed by atoms with Crippen molar-refractivity contribution in [3.8, 4) is 22.7 Å². The molecule has 4 aromatic heterocycles. The molecule has 1 aliphatic carbocycles. The van der Waals surface area contributed by atoms with Crippen LogP contribution in [0, 0.1) is 0 Å². The van der Waals surface area contributed by atoms with Gasteiger partial charge in [0.1, 0.15) is 0 Å². The minimum atomic E-state index is -0.964. The topological polar surface area (TPSA) is 148 Å². The van der Waals surface area contributed by atoms with Gasteiger partial charge in [-0.3, -0.25) is 9.67 Å². The largest absolute Gasteiger partial charge is 0.467 e. The molecule has 174 valence electrons. The zero-order chi connectivity index (χ0) is 23.9. The van der Waals surface area contributed by atoms with Crippen LogP contribution < -0.4 is 5.73 Å². The van der Waals surface area contributed by atoms with Crippen LogP contribution in [-0.4, -0.2) is 48.0 Å². The smallest absolute Gasteiger partial charge is 0.333 e. The fourth-order valence-corrected chi connectivity index (χ4v) is 4.11. The highest BCUT2D eigenvalue weighted by Gasteiger charge is 2.45. The first kappa shape index (κ1) is 21.7. The van der Waals surface area contributed by atoms with Gasteiger partial charge in [-0.25, -0.2) is 14.8 Å². The fraction of sp³-hybridized carbons (Fsp3) is 0.348. The van der Waals surface area contributed by atoms with Gasteiger partial charge in [-0.2, -0.15) is 10.1 Å². The quantitative estimate of drug-likeness (QED) is 0.426. The van der Waals surface area contributed by atoms with E-state index in [0.29, 0.717) is 17.3 Å². The summed E-state index contributed by atoms with van der Waals surface area (Å²) < 4.78 is 12.0. The van der Waals surface area contributed by atoms with E-state index in [2.05, 4.69) is 25.2 Å². The number of nitrogen functional groups attached to an aromatic ring is 1. The average molecular weight is 460 g/mol. The molecule has 5 rings (SSSR count). The summed E-state index contributed by atoms with van der Waals surface area (Å²) in [5.74, 6) is 0.778. The van der Waals surface area contributed by atoms with E-state index < -0.39 is 11.5 Å². The maximum atomic E-state index is 12.1. The van der Waals surface area contributed by atoms with E-state index >= 15 is 0 Å². The van der Waals surface area contributed by atoms with Crippen LogP contribution in [0.15, 0.2) is 47.6 Å². The second-order valence-corrected chi connectivity index (χ2v) is 8.85. The lowest BCUT2D eigenvalue weighted by atomic mass is 9.64. The summed E-state index contributed by atoms with van der Waals surface area (Å²) in [6.07, 6.45) is 11.3. The Labute approximate surface area is 195 Å². The molecule has 0 unspecified atom stereocenters. The molecule has 4 heterocycles. The molecule has 0 amide bonds. The Hall–Kier alpha value is -4.15. The summed E-state index contributed by atoms with van der Waals surface area (Å²) in [7, 11) is 1.35. The first-order valence-corrected chi connectivity index (χ1v) is 10.9. The number of aromatic nitrogens is 7. The Morgan fingerprint density at radius 1 is 1.12 bits per heavy atom. The maximum absolute atomic E-state index is 12.1. The van der Waals surface area contributed by atoms with Gasteiger partial charge in [0, 0.05) is 30.4 Å². The Kier molecular flexibility index (Phi) is 5.11. The number of nitrogens with two attached hydrogens (primary N) is 1. The number of esters is 1. The number of ether oxygens (including phenoxy) is 1. The van der Waals surface area contributed by atoms with Gasteiger partial charge in [-0.15, -0.1) is 0 Å². The number of pyridine rings is 1. The summed E-state index contributed by atoms with van der Waals surface area (Å²) in [4.78, 5) is 29.4. The van der Waals surface area contributed by atoms with E-state index in [1.165, 1.54) is 11.8 Å². The zero-order valence-corrected chi connectivity index (χ0v) is 19.1. The molecule has 4 aromatic rings. The molecular formula is C23H24N8O3. The van der Waals surface area contributed by atoms with E-state index in [0.717, 1.165) is 36.1 Å². The Bertz CT molecular complexity index is 1320. The maximum Gasteiger partial charge on any atom is 0.333 e. The summed E-state index contributed by atoms with van der Waals surface area (Å²) in [5.41, 5.74) is 7.45. The van der Waals surface area contributed by atoms with Crippen molar-refractivity contribution >= 4 is 11.9 Å².